The zero-order valence-electron chi connectivity index (χ0n) is 11.0. The first-order chi connectivity index (χ1) is 8.89. The lowest BCUT2D eigenvalue weighted by Gasteiger charge is -2.23. The summed E-state index contributed by atoms with van der Waals surface area (Å²) in [5.74, 6) is 0.119. The first-order valence-corrected chi connectivity index (χ1v) is 8.20. The van der Waals surface area contributed by atoms with Gasteiger partial charge < -0.3 is 5.32 Å². The van der Waals surface area contributed by atoms with Gasteiger partial charge in [-0.3, -0.25) is 9.48 Å². The highest BCUT2D eigenvalue weighted by Gasteiger charge is 2.39. The second-order valence-electron chi connectivity index (χ2n) is 5.32. The van der Waals surface area contributed by atoms with Crippen LogP contribution in [0.5, 0.6) is 0 Å². The molecule has 0 bridgehead atoms. The number of hydrogen-bond donors (Lipinski definition) is 1. The Hall–Kier alpha value is -1.37. The van der Waals surface area contributed by atoms with Crippen LogP contribution in [0, 0.1) is 0 Å². The van der Waals surface area contributed by atoms with Crippen molar-refractivity contribution < 1.29 is 13.2 Å². The SMILES string of the molecule is CC1(NC(=O)CCCn2cccn2)CCS(=O)(=O)C1. The van der Waals surface area contributed by atoms with Crippen molar-refractivity contribution in [1.82, 2.24) is 15.1 Å². The Bertz CT molecular complexity index is 539. The number of carbonyl (C=O) groups is 1. The summed E-state index contributed by atoms with van der Waals surface area (Å²) in [6.45, 7) is 2.48. The molecule has 1 aliphatic rings. The largest absolute Gasteiger partial charge is 0.350 e. The average Bonchev–Trinajstić information content (AvgIpc) is 2.87. The van der Waals surface area contributed by atoms with Gasteiger partial charge in [0, 0.05) is 25.4 Å². The molecule has 1 amide bonds. The minimum absolute atomic E-state index is 0.0465. The number of nitrogens with zero attached hydrogens (tertiary/aromatic N) is 2. The van der Waals surface area contributed by atoms with Crippen molar-refractivity contribution in [2.75, 3.05) is 11.5 Å². The Morgan fingerprint density at radius 2 is 2.32 bits per heavy atom. The topological polar surface area (TPSA) is 81.1 Å². The Morgan fingerprint density at radius 1 is 1.53 bits per heavy atom. The zero-order chi connectivity index (χ0) is 13.9. The number of hydrogen-bond acceptors (Lipinski definition) is 4. The van der Waals surface area contributed by atoms with Gasteiger partial charge >= 0.3 is 0 Å². The number of amides is 1. The van der Waals surface area contributed by atoms with E-state index in [9.17, 15) is 13.2 Å². The van der Waals surface area contributed by atoms with Crippen LogP contribution >= 0.6 is 0 Å². The quantitative estimate of drug-likeness (QED) is 0.847. The molecule has 0 radical (unpaired) electrons. The predicted molar refractivity (Wildman–Crippen MR) is 71.3 cm³/mol. The van der Waals surface area contributed by atoms with E-state index in [2.05, 4.69) is 10.4 Å². The van der Waals surface area contributed by atoms with E-state index in [-0.39, 0.29) is 17.4 Å². The second kappa shape index (κ2) is 5.32. The standard InChI is InChI=1S/C12H19N3O3S/c1-12(5-9-19(17,18)10-12)14-11(16)4-2-7-15-8-3-6-13-15/h3,6,8H,2,4-5,7,9-10H2,1H3,(H,14,16). The van der Waals surface area contributed by atoms with Gasteiger partial charge in [0.1, 0.15) is 0 Å². The predicted octanol–water partition coefficient (Wildman–Crippen LogP) is 0.357. The van der Waals surface area contributed by atoms with Crippen LogP contribution in [0.25, 0.3) is 0 Å². The van der Waals surface area contributed by atoms with Gasteiger partial charge in [-0.1, -0.05) is 0 Å². The lowest BCUT2D eigenvalue weighted by Crippen LogP contribution is -2.46. The lowest BCUT2D eigenvalue weighted by atomic mass is 10.0. The fraction of sp³-hybridized carbons (Fsp3) is 0.667. The van der Waals surface area contributed by atoms with E-state index in [1.54, 1.807) is 17.8 Å². The van der Waals surface area contributed by atoms with Crippen molar-refractivity contribution in [1.29, 1.82) is 0 Å². The van der Waals surface area contributed by atoms with Gasteiger partial charge in [-0.05, 0) is 25.8 Å². The first kappa shape index (κ1) is 14.0. The summed E-state index contributed by atoms with van der Waals surface area (Å²) in [6.07, 6.45) is 5.12. The maximum absolute atomic E-state index is 11.8. The Morgan fingerprint density at radius 3 is 2.89 bits per heavy atom. The molecule has 1 N–H and O–H groups in total. The molecule has 1 aromatic heterocycles. The summed E-state index contributed by atoms with van der Waals surface area (Å²) in [7, 11) is -2.98. The number of nitrogens with one attached hydrogen (secondary N) is 1. The van der Waals surface area contributed by atoms with E-state index in [1.807, 2.05) is 12.3 Å². The van der Waals surface area contributed by atoms with Gasteiger partial charge in [0.05, 0.1) is 17.0 Å². The Balaban J connectivity index is 1.75. The maximum Gasteiger partial charge on any atom is 0.220 e. The summed E-state index contributed by atoms with van der Waals surface area (Å²) in [4.78, 5) is 11.8. The van der Waals surface area contributed by atoms with Gasteiger partial charge in [-0.15, -0.1) is 0 Å². The highest BCUT2D eigenvalue weighted by molar-refractivity contribution is 7.91. The van der Waals surface area contributed by atoms with Crippen molar-refractivity contribution in [2.45, 2.75) is 38.3 Å². The Labute approximate surface area is 113 Å². The molecule has 2 heterocycles. The molecule has 19 heavy (non-hydrogen) atoms. The van der Waals surface area contributed by atoms with Gasteiger partial charge in [-0.25, -0.2) is 8.42 Å². The normalized spacial score (nSPS) is 25.3. The van der Waals surface area contributed by atoms with Crippen LogP contribution in [0.2, 0.25) is 0 Å². The van der Waals surface area contributed by atoms with Gasteiger partial charge in [-0.2, -0.15) is 5.10 Å². The summed E-state index contributed by atoms with van der Waals surface area (Å²) in [5.41, 5.74) is -0.596. The van der Waals surface area contributed by atoms with E-state index in [4.69, 9.17) is 0 Å². The summed E-state index contributed by atoms with van der Waals surface area (Å²) < 4.78 is 24.6. The molecule has 1 aliphatic heterocycles. The van der Waals surface area contributed by atoms with E-state index < -0.39 is 15.4 Å². The van der Waals surface area contributed by atoms with Crippen molar-refractivity contribution >= 4 is 15.7 Å². The maximum atomic E-state index is 11.8. The van der Waals surface area contributed by atoms with Crippen LogP contribution in [-0.2, 0) is 21.2 Å². The molecule has 6 nitrogen and oxygen atoms in total. The third kappa shape index (κ3) is 4.05. The molecule has 1 saturated heterocycles. The van der Waals surface area contributed by atoms with Crippen LogP contribution in [0.3, 0.4) is 0 Å². The van der Waals surface area contributed by atoms with Crippen LogP contribution in [0.15, 0.2) is 18.5 Å². The molecular weight excluding hydrogens is 266 g/mol. The fourth-order valence-corrected chi connectivity index (χ4v) is 4.44. The number of aryl methyl sites for hydroxylation is 1. The summed E-state index contributed by atoms with van der Waals surface area (Å²) in [5, 5.41) is 6.90. The lowest BCUT2D eigenvalue weighted by molar-refractivity contribution is -0.122. The molecule has 1 atom stereocenters. The van der Waals surface area contributed by atoms with E-state index >= 15 is 0 Å². The monoisotopic (exact) mass is 285 g/mol. The first-order valence-electron chi connectivity index (χ1n) is 6.37. The van der Waals surface area contributed by atoms with Crippen LogP contribution < -0.4 is 5.32 Å². The van der Waals surface area contributed by atoms with Crippen molar-refractivity contribution in [3.63, 3.8) is 0 Å². The molecule has 1 unspecified atom stereocenters. The molecule has 0 spiro atoms. The third-order valence-corrected chi connectivity index (χ3v) is 5.20. The van der Waals surface area contributed by atoms with E-state index in [0.717, 1.165) is 0 Å². The van der Waals surface area contributed by atoms with Gasteiger partial charge in [0.15, 0.2) is 9.84 Å². The molecule has 2 rings (SSSR count). The summed E-state index contributed by atoms with van der Waals surface area (Å²) in [6, 6.07) is 1.84. The van der Waals surface area contributed by atoms with Crippen molar-refractivity contribution in [2.24, 2.45) is 0 Å². The Kier molecular flexibility index (Phi) is 3.93. The highest BCUT2D eigenvalue weighted by Crippen LogP contribution is 2.22. The summed E-state index contributed by atoms with van der Waals surface area (Å²) >= 11 is 0. The molecule has 0 saturated carbocycles. The minimum Gasteiger partial charge on any atom is -0.350 e. The van der Waals surface area contributed by atoms with Crippen LogP contribution in [0.1, 0.15) is 26.2 Å². The highest BCUT2D eigenvalue weighted by atomic mass is 32.2. The van der Waals surface area contributed by atoms with Gasteiger partial charge in [0.2, 0.25) is 5.91 Å². The molecular formula is C12H19N3O3S. The third-order valence-electron chi connectivity index (χ3n) is 3.29. The smallest absolute Gasteiger partial charge is 0.220 e. The number of carbonyl (C=O) groups excluding carboxylic acids is 1. The van der Waals surface area contributed by atoms with Crippen molar-refractivity contribution in [3.05, 3.63) is 18.5 Å². The number of rotatable bonds is 5. The average molecular weight is 285 g/mol. The van der Waals surface area contributed by atoms with E-state index in [0.29, 0.717) is 25.8 Å². The molecule has 106 valence electrons. The zero-order valence-corrected chi connectivity index (χ0v) is 11.8. The van der Waals surface area contributed by atoms with Gasteiger partial charge in [0.25, 0.3) is 0 Å². The van der Waals surface area contributed by atoms with Crippen LogP contribution in [-0.4, -0.2) is 41.2 Å². The molecule has 1 aromatic rings. The molecule has 0 aromatic carbocycles. The number of aromatic nitrogens is 2. The molecule has 1 fully saturated rings. The minimum atomic E-state index is -2.98. The fourth-order valence-electron chi connectivity index (χ4n) is 2.34. The van der Waals surface area contributed by atoms with Crippen molar-refractivity contribution in [3.8, 4) is 0 Å². The molecule has 0 aliphatic carbocycles. The second-order valence-corrected chi connectivity index (χ2v) is 7.51. The number of sulfone groups is 1. The van der Waals surface area contributed by atoms with Crippen LogP contribution in [0.4, 0.5) is 0 Å². The van der Waals surface area contributed by atoms with E-state index in [1.165, 1.54) is 0 Å². The molecule has 7 heteroatoms.